The molecule has 2 rings (SSSR count). The van der Waals surface area contributed by atoms with Gasteiger partial charge in [0.2, 0.25) is 5.82 Å². The number of hydrogen-bond acceptors (Lipinski definition) is 3. The first-order valence-corrected chi connectivity index (χ1v) is 7.06. The van der Waals surface area contributed by atoms with E-state index in [1.807, 2.05) is 0 Å². The van der Waals surface area contributed by atoms with Crippen LogP contribution in [-0.2, 0) is 6.42 Å². The average Bonchev–Trinajstić information content (AvgIpc) is 2.44. The van der Waals surface area contributed by atoms with Gasteiger partial charge in [-0.3, -0.25) is 0 Å². The Labute approximate surface area is 120 Å². The van der Waals surface area contributed by atoms with E-state index in [0.717, 1.165) is 32.7 Å². The number of piperazine rings is 1. The quantitative estimate of drug-likeness (QED) is 0.854. The van der Waals surface area contributed by atoms with Gasteiger partial charge in [0.05, 0.1) is 11.6 Å². The summed E-state index contributed by atoms with van der Waals surface area (Å²) in [5, 5.41) is 3.28. The SMILES string of the molecule is COc1c(CCN2CCNCC2)cc(Br)c(F)c1F. The molecule has 1 fully saturated rings. The summed E-state index contributed by atoms with van der Waals surface area (Å²) in [6, 6.07) is 1.60. The zero-order chi connectivity index (χ0) is 13.8. The second kappa shape index (κ2) is 6.63. The van der Waals surface area contributed by atoms with Crippen LogP contribution in [0, 0.1) is 11.6 Å². The lowest BCUT2D eigenvalue weighted by Gasteiger charge is -2.27. The summed E-state index contributed by atoms with van der Waals surface area (Å²) < 4.78 is 32.3. The van der Waals surface area contributed by atoms with E-state index < -0.39 is 11.6 Å². The number of ether oxygens (including phenoxy) is 1. The fourth-order valence-corrected chi connectivity index (χ4v) is 2.70. The first kappa shape index (κ1) is 14.7. The van der Waals surface area contributed by atoms with Gasteiger partial charge in [-0.25, -0.2) is 4.39 Å². The van der Waals surface area contributed by atoms with Gasteiger partial charge in [-0.1, -0.05) is 0 Å². The summed E-state index contributed by atoms with van der Waals surface area (Å²) in [4.78, 5) is 2.30. The van der Waals surface area contributed by atoms with Crippen LogP contribution in [0.25, 0.3) is 0 Å². The third-order valence-corrected chi connectivity index (χ3v) is 3.88. The fourth-order valence-electron chi connectivity index (χ4n) is 2.25. The molecule has 0 aromatic heterocycles. The highest BCUT2D eigenvalue weighted by atomic mass is 79.9. The maximum absolute atomic E-state index is 13.7. The molecule has 1 aromatic rings. The molecule has 19 heavy (non-hydrogen) atoms. The zero-order valence-electron chi connectivity index (χ0n) is 10.8. The Morgan fingerprint density at radius 1 is 1.32 bits per heavy atom. The van der Waals surface area contributed by atoms with E-state index in [-0.39, 0.29) is 10.2 Å². The predicted molar refractivity (Wildman–Crippen MR) is 73.6 cm³/mol. The molecule has 0 aliphatic carbocycles. The van der Waals surface area contributed by atoms with Gasteiger partial charge < -0.3 is 15.0 Å². The van der Waals surface area contributed by atoms with Crippen molar-refractivity contribution in [3.8, 4) is 5.75 Å². The summed E-state index contributed by atoms with van der Waals surface area (Å²) in [7, 11) is 1.36. The van der Waals surface area contributed by atoms with Gasteiger partial charge in [-0.2, -0.15) is 4.39 Å². The number of halogens is 3. The number of hydrogen-bond donors (Lipinski definition) is 1. The Balaban J connectivity index is 2.10. The monoisotopic (exact) mass is 334 g/mol. The molecule has 1 aliphatic heterocycles. The molecule has 6 heteroatoms. The molecule has 1 N–H and O–H groups in total. The van der Waals surface area contributed by atoms with Crippen molar-refractivity contribution >= 4 is 15.9 Å². The van der Waals surface area contributed by atoms with E-state index in [1.165, 1.54) is 7.11 Å². The van der Waals surface area contributed by atoms with Crippen LogP contribution in [0.5, 0.6) is 5.75 Å². The highest BCUT2D eigenvalue weighted by Crippen LogP contribution is 2.31. The van der Waals surface area contributed by atoms with E-state index in [0.29, 0.717) is 12.0 Å². The maximum Gasteiger partial charge on any atom is 0.202 e. The van der Waals surface area contributed by atoms with Crippen LogP contribution < -0.4 is 10.1 Å². The molecular formula is C13H17BrF2N2O. The van der Waals surface area contributed by atoms with E-state index in [1.54, 1.807) is 6.07 Å². The van der Waals surface area contributed by atoms with Gasteiger partial charge in [-0.05, 0) is 34.0 Å². The van der Waals surface area contributed by atoms with Crippen molar-refractivity contribution in [2.24, 2.45) is 0 Å². The first-order valence-electron chi connectivity index (χ1n) is 6.27. The third kappa shape index (κ3) is 3.43. The van der Waals surface area contributed by atoms with Crippen molar-refractivity contribution in [3.63, 3.8) is 0 Å². The summed E-state index contributed by atoms with van der Waals surface area (Å²) in [6.45, 7) is 4.72. The Kier molecular flexibility index (Phi) is 5.13. The third-order valence-electron chi connectivity index (χ3n) is 3.31. The Bertz CT molecular complexity index is 451. The van der Waals surface area contributed by atoms with Gasteiger partial charge in [0.15, 0.2) is 11.6 Å². The van der Waals surface area contributed by atoms with Crippen molar-refractivity contribution in [3.05, 3.63) is 27.7 Å². The minimum absolute atomic E-state index is 0.0100. The minimum Gasteiger partial charge on any atom is -0.493 e. The first-order chi connectivity index (χ1) is 9.13. The molecule has 0 spiro atoms. The van der Waals surface area contributed by atoms with E-state index in [9.17, 15) is 8.78 Å². The number of methoxy groups -OCH3 is 1. The molecule has 1 saturated heterocycles. The van der Waals surface area contributed by atoms with Crippen LogP contribution in [-0.4, -0.2) is 44.7 Å². The van der Waals surface area contributed by atoms with Gasteiger partial charge in [0, 0.05) is 32.7 Å². The van der Waals surface area contributed by atoms with Crippen molar-refractivity contribution < 1.29 is 13.5 Å². The summed E-state index contributed by atoms with van der Waals surface area (Å²) in [5.41, 5.74) is 0.687. The standard InChI is InChI=1S/C13H17BrF2N2O/c1-19-13-9(8-10(14)11(15)12(13)16)2-5-18-6-3-17-4-7-18/h8,17H,2-7H2,1H3. The van der Waals surface area contributed by atoms with E-state index in [4.69, 9.17) is 4.74 Å². The van der Waals surface area contributed by atoms with E-state index in [2.05, 4.69) is 26.1 Å². The Morgan fingerprint density at radius 3 is 2.63 bits per heavy atom. The molecule has 0 saturated carbocycles. The van der Waals surface area contributed by atoms with Crippen molar-refractivity contribution in [2.45, 2.75) is 6.42 Å². The Morgan fingerprint density at radius 2 is 2.00 bits per heavy atom. The van der Waals surface area contributed by atoms with Gasteiger partial charge in [0.25, 0.3) is 0 Å². The van der Waals surface area contributed by atoms with Gasteiger partial charge >= 0.3 is 0 Å². The maximum atomic E-state index is 13.7. The number of benzene rings is 1. The number of rotatable bonds is 4. The van der Waals surface area contributed by atoms with Crippen molar-refractivity contribution in [1.29, 1.82) is 0 Å². The van der Waals surface area contributed by atoms with Gasteiger partial charge in [-0.15, -0.1) is 0 Å². The van der Waals surface area contributed by atoms with Crippen LogP contribution >= 0.6 is 15.9 Å². The van der Waals surface area contributed by atoms with Crippen LogP contribution in [0.3, 0.4) is 0 Å². The minimum atomic E-state index is -0.924. The van der Waals surface area contributed by atoms with Crippen LogP contribution in [0.15, 0.2) is 10.5 Å². The topological polar surface area (TPSA) is 24.5 Å². The molecule has 106 valence electrons. The average molecular weight is 335 g/mol. The zero-order valence-corrected chi connectivity index (χ0v) is 12.4. The lowest BCUT2D eigenvalue weighted by molar-refractivity contribution is 0.242. The molecular weight excluding hydrogens is 318 g/mol. The van der Waals surface area contributed by atoms with Gasteiger partial charge in [0.1, 0.15) is 0 Å². The second-order valence-corrected chi connectivity index (χ2v) is 5.37. The number of nitrogens with one attached hydrogen (secondary N) is 1. The molecule has 3 nitrogen and oxygen atoms in total. The molecule has 1 aromatic carbocycles. The summed E-state index contributed by atoms with van der Waals surface area (Å²) in [5.74, 6) is -1.81. The normalized spacial score (nSPS) is 16.6. The predicted octanol–water partition coefficient (Wildman–Crippen LogP) is 2.18. The largest absolute Gasteiger partial charge is 0.493 e. The lowest BCUT2D eigenvalue weighted by Crippen LogP contribution is -2.44. The Hall–Kier alpha value is -0.720. The number of nitrogens with zero attached hydrogens (tertiary/aromatic N) is 1. The smallest absolute Gasteiger partial charge is 0.202 e. The second-order valence-electron chi connectivity index (χ2n) is 4.52. The summed E-state index contributed by atoms with van der Waals surface area (Å²) in [6.07, 6.45) is 0.638. The van der Waals surface area contributed by atoms with E-state index >= 15 is 0 Å². The lowest BCUT2D eigenvalue weighted by atomic mass is 10.1. The highest BCUT2D eigenvalue weighted by molar-refractivity contribution is 9.10. The van der Waals surface area contributed by atoms with Crippen LogP contribution in [0.1, 0.15) is 5.56 Å². The molecule has 0 atom stereocenters. The molecule has 0 radical (unpaired) electrons. The molecule has 1 aliphatic rings. The molecule has 0 bridgehead atoms. The molecule has 0 unspecified atom stereocenters. The van der Waals surface area contributed by atoms with Crippen LogP contribution in [0.2, 0.25) is 0 Å². The summed E-state index contributed by atoms with van der Waals surface area (Å²) >= 11 is 3.03. The van der Waals surface area contributed by atoms with Crippen LogP contribution in [0.4, 0.5) is 8.78 Å². The van der Waals surface area contributed by atoms with Crippen molar-refractivity contribution in [2.75, 3.05) is 39.8 Å². The molecule has 1 heterocycles. The fraction of sp³-hybridized carbons (Fsp3) is 0.538. The highest BCUT2D eigenvalue weighted by Gasteiger charge is 2.19. The van der Waals surface area contributed by atoms with Crippen molar-refractivity contribution in [1.82, 2.24) is 10.2 Å². The molecule has 0 amide bonds.